The summed E-state index contributed by atoms with van der Waals surface area (Å²) < 4.78 is 23.3. The predicted molar refractivity (Wildman–Crippen MR) is 144 cm³/mol. The van der Waals surface area contributed by atoms with Gasteiger partial charge in [0.2, 0.25) is 0 Å². The van der Waals surface area contributed by atoms with Gasteiger partial charge in [0.05, 0.1) is 25.3 Å². The molecule has 0 bridgehead atoms. The van der Waals surface area contributed by atoms with E-state index in [1.807, 2.05) is 73.1 Å². The maximum Gasteiger partial charge on any atom is 0.132 e. The molecule has 8 heteroatoms. The van der Waals surface area contributed by atoms with Gasteiger partial charge in [-0.15, -0.1) is 0 Å². The summed E-state index contributed by atoms with van der Waals surface area (Å²) in [6.07, 6.45) is 4.44. The summed E-state index contributed by atoms with van der Waals surface area (Å²) in [5.74, 6) is 2.84. The highest BCUT2D eigenvalue weighted by Crippen LogP contribution is 2.26. The average Bonchev–Trinajstić information content (AvgIpc) is 2.94. The second kappa shape index (κ2) is 11.5. The molecule has 0 spiro atoms. The number of nitrogens with zero attached hydrogens (tertiary/aromatic N) is 4. The molecule has 0 atom stereocenters. The molecule has 0 fully saturated rings. The van der Waals surface area contributed by atoms with Gasteiger partial charge in [-0.25, -0.2) is 9.97 Å². The predicted octanol–water partition coefficient (Wildman–Crippen LogP) is 5.05. The minimum atomic E-state index is 0.223. The topological polar surface area (TPSA) is 87.4 Å². The fourth-order valence-electron chi connectivity index (χ4n) is 3.95. The van der Waals surface area contributed by atoms with Crippen molar-refractivity contribution in [1.82, 2.24) is 9.97 Å². The van der Waals surface area contributed by atoms with Crippen LogP contribution in [0.3, 0.4) is 0 Å². The van der Waals surface area contributed by atoms with Gasteiger partial charge in [-0.05, 0) is 55.0 Å². The summed E-state index contributed by atoms with van der Waals surface area (Å²) in [6, 6.07) is 19.1. The van der Waals surface area contributed by atoms with Crippen LogP contribution in [0, 0.1) is 0 Å². The van der Waals surface area contributed by atoms with Gasteiger partial charge in [0.15, 0.2) is 0 Å². The summed E-state index contributed by atoms with van der Waals surface area (Å²) >= 11 is 0. The Balaban J connectivity index is 1.54. The molecule has 0 unspecified atom stereocenters. The van der Waals surface area contributed by atoms with Gasteiger partial charge in [-0.2, -0.15) is 0 Å². The first kappa shape index (κ1) is 24.2. The number of hydrogen-bond acceptors (Lipinski definition) is 8. The zero-order valence-corrected chi connectivity index (χ0v) is 20.9. The van der Waals surface area contributed by atoms with Crippen molar-refractivity contribution in [2.75, 3.05) is 27.3 Å². The van der Waals surface area contributed by atoms with E-state index in [2.05, 4.69) is 9.98 Å². The molecule has 3 aromatic carbocycles. The molecule has 1 aliphatic heterocycles. The number of fused-ring (bicyclic) bond motifs is 4. The molecule has 0 aliphatic carbocycles. The minimum absolute atomic E-state index is 0.223. The highest BCUT2D eigenvalue weighted by atomic mass is 16.5. The lowest BCUT2D eigenvalue weighted by molar-refractivity contribution is 0.277. The molecule has 4 aromatic rings. The summed E-state index contributed by atoms with van der Waals surface area (Å²) in [4.78, 5) is 18.9. The van der Waals surface area contributed by atoms with Crippen LogP contribution in [0.5, 0.6) is 23.0 Å². The van der Waals surface area contributed by atoms with E-state index < -0.39 is 0 Å². The van der Waals surface area contributed by atoms with E-state index in [4.69, 9.17) is 28.9 Å². The van der Waals surface area contributed by atoms with Crippen LogP contribution in [0.1, 0.15) is 28.9 Å². The summed E-state index contributed by atoms with van der Waals surface area (Å²) in [5, 5.41) is 0. The molecule has 0 amide bonds. The Morgan fingerprint density at radius 1 is 0.649 bits per heavy atom. The Morgan fingerprint density at radius 3 is 1.59 bits per heavy atom. The molecule has 2 heterocycles. The Morgan fingerprint density at radius 2 is 1.14 bits per heavy atom. The average molecular weight is 497 g/mol. The third kappa shape index (κ3) is 5.86. The van der Waals surface area contributed by atoms with Crippen molar-refractivity contribution in [3.05, 3.63) is 83.2 Å². The van der Waals surface area contributed by atoms with E-state index in [0.717, 1.165) is 40.1 Å². The van der Waals surface area contributed by atoms with Crippen LogP contribution in [0.4, 0.5) is 0 Å². The normalized spacial score (nSPS) is 13.9. The molecular weight excluding hydrogens is 468 g/mol. The fraction of sp³-hybridized carbons (Fsp3) is 0.241. The van der Waals surface area contributed by atoms with Gasteiger partial charge in [0, 0.05) is 36.6 Å². The molecular formula is C29H28N4O4. The summed E-state index contributed by atoms with van der Waals surface area (Å²) in [6.45, 7) is 1.72. The zero-order valence-electron chi connectivity index (χ0n) is 20.9. The smallest absolute Gasteiger partial charge is 0.132 e. The quantitative estimate of drug-likeness (QED) is 0.386. The van der Waals surface area contributed by atoms with Crippen molar-refractivity contribution in [3.8, 4) is 23.0 Å². The second-order valence-electron chi connectivity index (χ2n) is 8.41. The van der Waals surface area contributed by atoms with Crippen molar-refractivity contribution in [1.29, 1.82) is 0 Å². The highest BCUT2D eigenvalue weighted by Gasteiger charge is 2.14. The molecule has 1 aliphatic rings. The van der Waals surface area contributed by atoms with Crippen molar-refractivity contribution in [2.24, 2.45) is 9.98 Å². The number of aliphatic imine (C=N–C) groups is 2. The monoisotopic (exact) mass is 496 g/mol. The van der Waals surface area contributed by atoms with Crippen LogP contribution in [0.2, 0.25) is 0 Å². The van der Waals surface area contributed by atoms with E-state index in [9.17, 15) is 0 Å². The number of hydrogen-bond donors (Lipinski definition) is 0. The third-order valence-corrected chi connectivity index (χ3v) is 5.92. The summed E-state index contributed by atoms with van der Waals surface area (Å²) in [7, 11) is 3.28. The molecule has 37 heavy (non-hydrogen) atoms. The first-order valence-electron chi connectivity index (χ1n) is 12.1. The molecule has 1 aromatic heterocycles. The molecule has 0 N–H and O–H groups in total. The van der Waals surface area contributed by atoms with Gasteiger partial charge in [0.25, 0.3) is 0 Å². The lowest BCUT2D eigenvalue weighted by Gasteiger charge is -2.15. The van der Waals surface area contributed by atoms with E-state index in [1.54, 1.807) is 14.2 Å². The minimum Gasteiger partial charge on any atom is -0.497 e. The Bertz CT molecular complexity index is 1340. The van der Waals surface area contributed by atoms with Crippen LogP contribution in [0.15, 0.2) is 70.6 Å². The Kier molecular flexibility index (Phi) is 7.55. The number of benzene rings is 3. The van der Waals surface area contributed by atoms with Crippen molar-refractivity contribution in [3.63, 3.8) is 0 Å². The first-order valence-corrected chi connectivity index (χ1v) is 12.1. The van der Waals surface area contributed by atoms with Crippen molar-refractivity contribution < 1.29 is 18.9 Å². The van der Waals surface area contributed by atoms with Gasteiger partial charge >= 0.3 is 0 Å². The molecule has 188 valence electrons. The van der Waals surface area contributed by atoms with Gasteiger partial charge in [-0.3, -0.25) is 9.98 Å². The van der Waals surface area contributed by atoms with Crippen LogP contribution in [0.25, 0.3) is 11.0 Å². The van der Waals surface area contributed by atoms with Gasteiger partial charge < -0.3 is 18.9 Å². The number of rotatable bonds is 2. The first-order chi connectivity index (χ1) is 18.2. The lowest BCUT2D eigenvalue weighted by atomic mass is 10.2. The van der Waals surface area contributed by atoms with Gasteiger partial charge in [-0.1, -0.05) is 12.1 Å². The highest BCUT2D eigenvalue weighted by molar-refractivity contribution is 5.85. The molecule has 0 saturated heterocycles. The van der Waals surface area contributed by atoms with Crippen LogP contribution < -0.4 is 18.9 Å². The van der Waals surface area contributed by atoms with Crippen molar-refractivity contribution in [2.45, 2.75) is 19.6 Å². The number of aromatic nitrogens is 2. The molecule has 8 nitrogen and oxygen atoms in total. The number of ether oxygens (including phenoxy) is 4. The largest absolute Gasteiger partial charge is 0.497 e. The zero-order chi connectivity index (χ0) is 25.5. The fourth-order valence-corrected chi connectivity index (χ4v) is 3.95. The maximum atomic E-state index is 6.24. The van der Waals surface area contributed by atoms with E-state index in [0.29, 0.717) is 36.0 Å². The molecule has 0 radical (unpaired) electrons. The number of methoxy groups -OCH3 is 2. The standard InChI is InChI=1S/C29H28N4O4/c1-34-22-8-10-28-20(14-22)16-30-12-5-13-31-17-21-15-23(35-2)9-11-29(21)37-19-27-26(18-36-28)32-24-6-3-4-7-25(24)33-27/h3-4,6-11,14-17H,5,12-13,18-19H2,1-2H3. The molecule has 5 rings (SSSR count). The van der Waals surface area contributed by atoms with Crippen LogP contribution in [-0.4, -0.2) is 49.7 Å². The lowest BCUT2D eigenvalue weighted by Crippen LogP contribution is -2.10. The summed E-state index contributed by atoms with van der Waals surface area (Å²) in [5.41, 5.74) is 4.65. The molecule has 0 saturated carbocycles. The third-order valence-electron chi connectivity index (χ3n) is 5.92. The Labute approximate surface area is 215 Å². The Hall–Kier alpha value is -4.46. The van der Waals surface area contributed by atoms with E-state index >= 15 is 0 Å². The SMILES string of the molecule is COc1ccc2c(c1)C=NCCCN=Cc1cc(OC)ccc1OCc1nc3ccccc3nc1CO2. The van der Waals surface area contributed by atoms with Crippen molar-refractivity contribution >= 4 is 23.5 Å². The van der Waals surface area contributed by atoms with Crippen LogP contribution >= 0.6 is 0 Å². The second-order valence-corrected chi connectivity index (χ2v) is 8.41. The number of para-hydroxylation sites is 2. The van der Waals surface area contributed by atoms with Gasteiger partial charge in [0.1, 0.15) is 47.6 Å². The van der Waals surface area contributed by atoms with Crippen LogP contribution in [-0.2, 0) is 13.2 Å². The van der Waals surface area contributed by atoms with E-state index in [-0.39, 0.29) is 13.2 Å². The van der Waals surface area contributed by atoms with E-state index in [1.165, 1.54) is 0 Å². The maximum absolute atomic E-state index is 6.24.